The molecule has 6 heteroatoms. The maximum Gasteiger partial charge on any atom is 0.394 e. The lowest BCUT2D eigenvalue weighted by molar-refractivity contribution is -0.254. The molecule has 1 heterocycles. The molecule has 1 atom stereocenters. The monoisotopic (exact) mass is 299 g/mol. The molecule has 0 N–H and O–H groups in total. The van der Waals surface area contributed by atoms with Gasteiger partial charge >= 0.3 is 6.18 Å². The molecule has 1 saturated heterocycles. The summed E-state index contributed by atoms with van der Waals surface area (Å²) in [5.41, 5.74) is -1.65. The lowest BCUT2D eigenvalue weighted by Crippen LogP contribution is -2.52. The minimum atomic E-state index is -4.22. The Hall–Kier alpha value is -0.390. The third-order valence-corrected chi connectivity index (χ3v) is 5.25. The van der Waals surface area contributed by atoms with Gasteiger partial charge < -0.3 is 4.90 Å². The highest BCUT2D eigenvalue weighted by atomic mass is 19.4. The lowest BCUT2D eigenvalue weighted by Gasteiger charge is -2.47. The van der Waals surface area contributed by atoms with Gasteiger partial charge in [-0.05, 0) is 38.3 Å². The quantitative estimate of drug-likeness (QED) is 0.680. The van der Waals surface area contributed by atoms with Gasteiger partial charge in [-0.25, -0.2) is 8.78 Å². The van der Waals surface area contributed by atoms with Gasteiger partial charge in [0.05, 0.1) is 5.41 Å². The van der Waals surface area contributed by atoms with Gasteiger partial charge in [0.1, 0.15) is 0 Å². The minimum absolute atomic E-state index is 0.0240. The topological polar surface area (TPSA) is 3.24 Å². The molecular weight excluding hydrogens is 277 g/mol. The number of likely N-dealkylation sites (tertiary alicyclic amines) is 1. The van der Waals surface area contributed by atoms with Crippen LogP contribution in [0.5, 0.6) is 0 Å². The predicted molar refractivity (Wildman–Crippen MR) is 66.7 cm³/mol. The molecule has 2 aliphatic rings. The molecule has 2 fully saturated rings. The van der Waals surface area contributed by atoms with E-state index < -0.39 is 23.4 Å². The molecule has 1 aliphatic carbocycles. The maximum absolute atomic E-state index is 13.3. The van der Waals surface area contributed by atoms with E-state index in [1.165, 1.54) is 0 Å². The van der Waals surface area contributed by atoms with Crippen molar-refractivity contribution in [3.8, 4) is 0 Å². The average molecular weight is 299 g/mol. The van der Waals surface area contributed by atoms with Crippen LogP contribution in [0.3, 0.4) is 0 Å². The van der Waals surface area contributed by atoms with E-state index >= 15 is 0 Å². The van der Waals surface area contributed by atoms with Crippen molar-refractivity contribution in [1.29, 1.82) is 0 Å². The Morgan fingerprint density at radius 1 is 1.05 bits per heavy atom. The number of hydrogen-bond donors (Lipinski definition) is 0. The molecule has 2 rings (SSSR count). The van der Waals surface area contributed by atoms with E-state index in [2.05, 4.69) is 0 Å². The van der Waals surface area contributed by atoms with Crippen molar-refractivity contribution in [2.45, 2.75) is 64.1 Å². The van der Waals surface area contributed by atoms with E-state index in [1.807, 2.05) is 4.90 Å². The molecule has 0 radical (unpaired) electrons. The van der Waals surface area contributed by atoms with Crippen LogP contribution in [-0.4, -0.2) is 36.1 Å². The summed E-state index contributed by atoms with van der Waals surface area (Å²) in [5.74, 6) is -3.11. The largest absolute Gasteiger partial charge is 0.394 e. The standard InChI is InChI=1S/C14H22F5N/c1-10(2)12(14(17,18)19)5-7-20(8-6-12)11-3-4-13(15,16)9-11/h10-11H,3-9H2,1-2H3. The van der Waals surface area contributed by atoms with Crippen molar-refractivity contribution in [2.24, 2.45) is 11.3 Å². The summed E-state index contributed by atoms with van der Waals surface area (Å²) in [4.78, 5) is 1.84. The van der Waals surface area contributed by atoms with Gasteiger partial charge in [-0.1, -0.05) is 13.8 Å². The van der Waals surface area contributed by atoms with Crippen LogP contribution in [0.2, 0.25) is 0 Å². The highest BCUT2D eigenvalue weighted by Crippen LogP contribution is 2.52. The molecule has 118 valence electrons. The van der Waals surface area contributed by atoms with Gasteiger partial charge in [-0.3, -0.25) is 0 Å². The van der Waals surface area contributed by atoms with Crippen LogP contribution in [0.4, 0.5) is 22.0 Å². The molecule has 0 amide bonds. The van der Waals surface area contributed by atoms with Crippen LogP contribution < -0.4 is 0 Å². The molecule has 1 nitrogen and oxygen atoms in total. The second-order valence-electron chi connectivity index (χ2n) is 6.60. The summed E-state index contributed by atoms with van der Waals surface area (Å²) in [6.07, 6.45) is -4.11. The first-order valence-corrected chi connectivity index (χ1v) is 7.26. The smallest absolute Gasteiger partial charge is 0.300 e. The molecule has 0 aromatic carbocycles. The third-order valence-electron chi connectivity index (χ3n) is 5.25. The van der Waals surface area contributed by atoms with E-state index in [0.29, 0.717) is 6.42 Å². The van der Waals surface area contributed by atoms with Gasteiger partial charge in [0.15, 0.2) is 0 Å². The molecular formula is C14H22F5N. The summed E-state index contributed by atoms with van der Waals surface area (Å²) >= 11 is 0. The Bertz CT molecular complexity index is 342. The Morgan fingerprint density at radius 2 is 1.60 bits per heavy atom. The van der Waals surface area contributed by atoms with Crippen molar-refractivity contribution in [1.82, 2.24) is 4.90 Å². The summed E-state index contributed by atoms with van der Waals surface area (Å²) < 4.78 is 66.4. The molecule has 0 aromatic rings. The second kappa shape index (κ2) is 5.11. The molecule has 1 saturated carbocycles. The van der Waals surface area contributed by atoms with Crippen molar-refractivity contribution in [3.63, 3.8) is 0 Å². The molecule has 1 aliphatic heterocycles. The van der Waals surface area contributed by atoms with Crippen molar-refractivity contribution in [2.75, 3.05) is 13.1 Å². The zero-order chi connectivity index (χ0) is 15.2. The maximum atomic E-state index is 13.3. The van der Waals surface area contributed by atoms with Crippen LogP contribution in [-0.2, 0) is 0 Å². The third kappa shape index (κ3) is 2.81. The Labute approximate surface area is 116 Å². The van der Waals surface area contributed by atoms with Gasteiger partial charge in [0.2, 0.25) is 5.92 Å². The Kier molecular flexibility index (Phi) is 4.08. The Morgan fingerprint density at radius 3 is 1.95 bits per heavy atom. The van der Waals surface area contributed by atoms with Gasteiger partial charge in [0, 0.05) is 18.9 Å². The number of halogens is 5. The van der Waals surface area contributed by atoms with Gasteiger partial charge in [-0.2, -0.15) is 13.2 Å². The van der Waals surface area contributed by atoms with Crippen LogP contribution in [0.1, 0.15) is 46.0 Å². The summed E-state index contributed by atoms with van der Waals surface area (Å²) in [6, 6.07) is -0.247. The first-order chi connectivity index (χ1) is 9.07. The number of alkyl halides is 5. The second-order valence-corrected chi connectivity index (χ2v) is 6.60. The van der Waals surface area contributed by atoms with Gasteiger partial charge in [-0.15, -0.1) is 0 Å². The zero-order valence-corrected chi connectivity index (χ0v) is 11.9. The lowest BCUT2D eigenvalue weighted by atomic mass is 9.69. The fraction of sp³-hybridized carbons (Fsp3) is 1.00. The number of hydrogen-bond acceptors (Lipinski definition) is 1. The van der Waals surface area contributed by atoms with E-state index in [0.717, 1.165) is 0 Å². The molecule has 0 aromatic heterocycles. The van der Waals surface area contributed by atoms with E-state index in [-0.39, 0.29) is 44.8 Å². The summed E-state index contributed by atoms with van der Waals surface area (Å²) in [5, 5.41) is 0. The fourth-order valence-corrected chi connectivity index (χ4v) is 3.71. The van der Waals surface area contributed by atoms with E-state index in [1.54, 1.807) is 13.8 Å². The minimum Gasteiger partial charge on any atom is -0.300 e. The van der Waals surface area contributed by atoms with E-state index in [9.17, 15) is 22.0 Å². The molecule has 0 bridgehead atoms. The average Bonchev–Trinajstić information content (AvgIpc) is 2.68. The molecule has 1 unspecified atom stereocenters. The predicted octanol–water partition coefficient (Wildman–Crippen LogP) is 4.47. The molecule has 0 spiro atoms. The highest BCUT2D eigenvalue weighted by molar-refractivity contribution is 4.97. The van der Waals surface area contributed by atoms with Crippen molar-refractivity contribution >= 4 is 0 Å². The van der Waals surface area contributed by atoms with Gasteiger partial charge in [0.25, 0.3) is 0 Å². The number of piperidine rings is 1. The summed E-state index contributed by atoms with van der Waals surface area (Å²) in [6.45, 7) is 3.76. The van der Waals surface area contributed by atoms with Crippen LogP contribution >= 0.6 is 0 Å². The zero-order valence-electron chi connectivity index (χ0n) is 11.9. The Balaban J connectivity index is 2.01. The van der Waals surface area contributed by atoms with Crippen LogP contribution in [0.25, 0.3) is 0 Å². The number of nitrogens with zero attached hydrogens (tertiary/aromatic N) is 1. The van der Waals surface area contributed by atoms with E-state index in [4.69, 9.17) is 0 Å². The van der Waals surface area contributed by atoms with Crippen LogP contribution in [0.15, 0.2) is 0 Å². The van der Waals surface area contributed by atoms with Crippen molar-refractivity contribution in [3.05, 3.63) is 0 Å². The summed E-state index contributed by atoms with van der Waals surface area (Å²) in [7, 11) is 0. The first-order valence-electron chi connectivity index (χ1n) is 7.26. The SMILES string of the molecule is CC(C)C1(C(F)(F)F)CCN(C2CCC(F)(F)C2)CC1. The molecule has 20 heavy (non-hydrogen) atoms. The highest BCUT2D eigenvalue weighted by Gasteiger charge is 2.57. The normalized spacial score (nSPS) is 30.9. The van der Waals surface area contributed by atoms with Crippen molar-refractivity contribution < 1.29 is 22.0 Å². The first kappa shape index (κ1) is 16.0. The number of rotatable bonds is 2. The fourth-order valence-electron chi connectivity index (χ4n) is 3.71. The van der Waals surface area contributed by atoms with Crippen LogP contribution in [0, 0.1) is 11.3 Å².